The van der Waals surface area contributed by atoms with Gasteiger partial charge in [0.25, 0.3) is 5.79 Å². The van der Waals surface area contributed by atoms with Crippen LogP contribution in [-0.4, -0.2) is 484 Å². The largest absolute Gasteiger partial charge is 0.477 e. The molecule has 0 aromatic heterocycles. The van der Waals surface area contributed by atoms with Gasteiger partial charge in [-0.1, -0.05) is 0 Å². The Morgan fingerprint density at radius 2 is 0.752 bits per heavy atom. The van der Waals surface area contributed by atoms with Gasteiger partial charge < -0.3 is 229 Å². The zero-order chi connectivity index (χ0) is 83.6. The fourth-order valence-electron chi connectivity index (χ4n) is 14.7. The minimum atomic E-state index is -3.39. The SMILES string of the molecule is CC(=O)N[C@H]1[C@H](O[C@H]2[C@@H](O)[C@@H](CO[C@H]3O[C@H](CO)[C@@H](O[C@@H]4O[C@H](CO)[C@H](O)[C@H](O)[C@H]4O)[C@H](O[C@@H]4O[C@@H](C)[C@@H](O)[C@@H](O)[C@@H]4O)[C@H]3NC(C)=O)O[C@@H](O[C@H]3[C@H](O)[C@@H](O)C(O)O[C@@H]3CO)[C@@H]2O)O[C@H](CO)[C@@H](O[C@@H]2O[C@@H](C)[C@@H](O)[C@@H](O)[C@@H]2O)[C@@H]1O[C@@H]1O[C@H](CO)[C@H](O)[C@H](O[C@]2(C(=O)O)C[C@H](O)[C@@H](NC(C)=O)[C@H]([C@H](O)[C@H](O)CO)O2)[C@H]1O. The summed E-state index contributed by atoms with van der Waals surface area (Å²) >= 11 is 0. The molecule has 9 aliphatic heterocycles. The Hall–Kier alpha value is -3.80. The fraction of sp³-hybridized carbons (Fsp3) is 0.937. The number of ether oxygens (including phenoxy) is 17. The summed E-state index contributed by atoms with van der Waals surface area (Å²) < 4.78 is 102. The van der Waals surface area contributed by atoms with Crippen LogP contribution in [0.5, 0.6) is 0 Å². The van der Waals surface area contributed by atoms with E-state index in [1.54, 1.807) is 0 Å². The Morgan fingerprint density at radius 1 is 0.381 bits per heavy atom. The second-order valence-corrected chi connectivity index (χ2v) is 28.8. The molecule has 0 radical (unpaired) electrons. The molecule has 0 saturated carbocycles. The highest BCUT2D eigenvalue weighted by Gasteiger charge is 2.64. The van der Waals surface area contributed by atoms with Crippen LogP contribution in [-0.2, 0) is 99.7 Å². The molecule has 654 valence electrons. The standard InChI is InChI=1S/C63H105N3O47/c1-14-30(78)36(84)41(89)57(98-14)107-48-25(12-72)104-56(29(66-18(5)75)51(48)110-61-45(93)53(34(82)22(9-69)102-61)113-63(62(95)96)6-19(76)27(64-16(3)73)49(112-63)32(80)20(77)7-67)111-52-35(83)26(105-60(44(52)92)106-46-23(10-70)100-54(94)40(88)39(46)87)13-97-55-28(65-17(4)74)50(109-58-42(90)37(85)31(79)15(2)99-58)47(24(11-71)103-55)108-59-43(91)38(86)33(81)21(8-68)101-59/h14-15,19-61,67-72,76-94H,6-13H2,1-5H3,(H,64,73)(H,65,74)(H,66,75)(H,95,96)/t14-,15-,19-,20+,21+,22+,23+,24+,25+,26+,27+,28+,29+,30+,31+,32+,33-,34-,35-,36+,37+,38-,39+,40+,41-,42-,43+,44+,45+,46+,47+,48+,49+,50+,51+,52-,53-,54?,55-,56-,57-,58-,59-,60-,61-,63-/m0/s1. The molecule has 0 aromatic rings. The quantitative estimate of drug-likeness (QED) is 0.0331. The van der Waals surface area contributed by atoms with E-state index in [-0.39, 0.29) is 0 Å². The molecule has 0 spiro atoms. The predicted octanol–water partition coefficient (Wildman–Crippen LogP) is -18.9. The molecule has 9 aliphatic rings. The van der Waals surface area contributed by atoms with Crippen molar-refractivity contribution in [2.24, 2.45) is 0 Å². The van der Waals surface area contributed by atoms with Crippen molar-refractivity contribution in [2.45, 2.75) is 323 Å². The Kier molecular flexibility index (Phi) is 32.6. The number of aliphatic hydroxyl groups is 25. The summed E-state index contributed by atoms with van der Waals surface area (Å²) in [6.45, 7) is -3.15. The Labute approximate surface area is 639 Å². The van der Waals surface area contributed by atoms with Crippen molar-refractivity contribution in [3.8, 4) is 0 Å². The second kappa shape index (κ2) is 39.6. The van der Waals surface area contributed by atoms with Crippen LogP contribution >= 0.6 is 0 Å². The molecule has 0 bridgehead atoms. The van der Waals surface area contributed by atoms with Gasteiger partial charge in [-0.3, -0.25) is 14.4 Å². The van der Waals surface area contributed by atoms with Crippen molar-refractivity contribution in [1.29, 1.82) is 0 Å². The molecule has 9 heterocycles. The fourth-order valence-corrected chi connectivity index (χ4v) is 14.7. The molecule has 50 heteroatoms. The third-order valence-corrected chi connectivity index (χ3v) is 20.8. The van der Waals surface area contributed by atoms with Crippen LogP contribution in [0.25, 0.3) is 0 Å². The summed E-state index contributed by atoms with van der Waals surface area (Å²) in [5, 5.41) is 295. The molecule has 9 saturated heterocycles. The van der Waals surface area contributed by atoms with E-state index in [0.29, 0.717) is 0 Å². The molecular weight excluding hydrogens is 1550 g/mol. The lowest BCUT2D eigenvalue weighted by atomic mass is 9.88. The number of aliphatic carboxylic acids is 1. The maximum Gasteiger partial charge on any atom is 0.364 e. The third-order valence-electron chi connectivity index (χ3n) is 20.8. The summed E-state index contributed by atoms with van der Waals surface area (Å²) in [4.78, 5) is 53.0. The number of hydrogen-bond acceptors (Lipinski definition) is 46. The predicted molar refractivity (Wildman–Crippen MR) is 346 cm³/mol. The minimum absolute atomic E-state index is 0.852. The van der Waals surface area contributed by atoms with Gasteiger partial charge in [-0.2, -0.15) is 0 Å². The van der Waals surface area contributed by atoms with E-state index in [4.69, 9.17) is 80.5 Å². The molecule has 3 amide bonds. The van der Waals surface area contributed by atoms with Crippen molar-refractivity contribution < 1.29 is 232 Å². The van der Waals surface area contributed by atoms with Crippen LogP contribution in [0, 0.1) is 0 Å². The van der Waals surface area contributed by atoms with E-state index in [9.17, 15) is 152 Å². The van der Waals surface area contributed by atoms with Crippen LogP contribution < -0.4 is 16.0 Å². The molecule has 9 rings (SSSR count). The number of rotatable bonds is 29. The van der Waals surface area contributed by atoms with Crippen molar-refractivity contribution in [1.82, 2.24) is 16.0 Å². The molecule has 113 heavy (non-hydrogen) atoms. The van der Waals surface area contributed by atoms with Crippen LogP contribution in [0.1, 0.15) is 41.0 Å². The summed E-state index contributed by atoms with van der Waals surface area (Å²) in [6.07, 6.45) is -91.2. The molecule has 29 N–H and O–H groups in total. The first-order valence-corrected chi connectivity index (χ1v) is 36.0. The first-order valence-electron chi connectivity index (χ1n) is 36.0. The number of carboxylic acid groups (broad SMARTS) is 1. The van der Waals surface area contributed by atoms with E-state index in [1.807, 2.05) is 0 Å². The highest BCUT2D eigenvalue weighted by Crippen LogP contribution is 2.42. The van der Waals surface area contributed by atoms with Gasteiger partial charge in [0.05, 0.1) is 70.6 Å². The van der Waals surface area contributed by atoms with Crippen LogP contribution in [0.4, 0.5) is 0 Å². The lowest BCUT2D eigenvalue weighted by Crippen LogP contribution is -2.72. The lowest BCUT2D eigenvalue weighted by molar-refractivity contribution is -0.400. The molecule has 9 fully saturated rings. The normalized spacial score (nSPS) is 49.2. The first-order chi connectivity index (χ1) is 53.2. The summed E-state index contributed by atoms with van der Waals surface area (Å²) in [5.74, 6) is -8.57. The summed E-state index contributed by atoms with van der Waals surface area (Å²) in [5.41, 5.74) is 0. The van der Waals surface area contributed by atoms with E-state index in [2.05, 4.69) is 16.0 Å². The molecule has 0 aromatic carbocycles. The Balaban J connectivity index is 1.11. The van der Waals surface area contributed by atoms with Gasteiger partial charge in [-0.15, -0.1) is 0 Å². The maximum absolute atomic E-state index is 13.8. The average molecular weight is 1660 g/mol. The van der Waals surface area contributed by atoms with Gasteiger partial charge in [0.15, 0.2) is 50.3 Å². The van der Waals surface area contributed by atoms with E-state index in [1.165, 1.54) is 13.8 Å². The zero-order valence-electron chi connectivity index (χ0n) is 60.8. The smallest absolute Gasteiger partial charge is 0.364 e. The number of carboxylic acids is 1. The monoisotopic (exact) mass is 1660 g/mol. The van der Waals surface area contributed by atoms with Crippen molar-refractivity contribution in [3.63, 3.8) is 0 Å². The summed E-state index contributed by atoms with van der Waals surface area (Å²) in [7, 11) is 0. The highest BCUT2D eigenvalue weighted by atomic mass is 16.8. The molecule has 50 nitrogen and oxygen atoms in total. The first kappa shape index (κ1) is 93.1. The maximum atomic E-state index is 13.8. The third kappa shape index (κ3) is 20.1. The molecular formula is C63H105N3O47. The topological polar surface area (TPSA) is 787 Å². The average Bonchev–Trinajstić information content (AvgIpc) is 0.786. The van der Waals surface area contributed by atoms with Crippen molar-refractivity contribution >= 4 is 23.7 Å². The van der Waals surface area contributed by atoms with Crippen molar-refractivity contribution in [3.05, 3.63) is 0 Å². The second-order valence-electron chi connectivity index (χ2n) is 28.8. The number of amides is 3. The Morgan fingerprint density at radius 3 is 1.22 bits per heavy atom. The number of carbonyl (C=O) groups excluding carboxylic acids is 3. The lowest BCUT2D eigenvalue weighted by Gasteiger charge is -2.52. The zero-order valence-corrected chi connectivity index (χ0v) is 60.8. The van der Waals surface area contributed by atoms with E-state index >= 15 is 0 Å². The van der Waals surface area contributed by atoms with Crippen molar-refractivity contribution in [2.75, 3.05) is 46.2 Å². The molecule has 46 atom stereocenters. The number of nitrogens with one attached hydrogen (secondary N) is 3. The Bertz CT molecular complexity index is 3040. The van der Waals surface area contributed by atoms with Gasteiger partial charge in [0, 0.05) is 27.2 Å². The number of aliphatic hydroxyl groups excluding tert-OH is 25. The molecule has 1 unspecified atom stereocenters. The van der Waals surface area contributed by atoms with E-state index < -0.39 is 358 Å². The molecule has 0 aliphatic carbocycles. The number of carbonyl (C=O) groups is 4. The minimum Gasteiger partial charge on any atom is -0.477 e. The summed E-state index contributed by atoms with van der Waals surface area (Å²) in [6, 6.07) is -5.94. The van der Waals surface area contributed by atoms with Gasteiger partial charge in [-0.05, 0) is 13.8 Å². The van der Waals surface area contributed by atoms with Gasteiger partial charge in [0.2, 0.25) is 17.7 Å². The van der Waals surface area contributed by atoms with Gasteiger partial charge in [0.1, 0.15) is 201 Å². The van der Waals surface area contributed by atoms with Crippen LogP contribution in [0.15, 0.2) is 0 Å². The number of hydrogen-bond donors (Lipinski definition) is 29. The van der Waals surface area contributed by atoms with Gasteiger partial charge in [-0.25, -0.2) is 4.79 Å². The van der Waals surface area contributed by atoms with E-state index in [0.717, 1.165) is 20.8 Å². The van der Waals surface area contributed by atoms with Gasteiger partial charge >= 0.3 is 5.97 Å². The van der Waals surface area contributed by atoms with Crippen LogP contribution in [0.2, 0.25) is 0 Å². The van der Waals surface area contributed by atoms with Crippen LogP contribution in [0.3, 0.4) is 0 Å². The highest BCUT2D eigenvalue weighted by molar-refractivity contribution is 5.77.